The van der Waals surface area contributed by atoms with Crippen molar-refractivity contribution in [1.29, 1.82) is 0 Å². The summed E-state index contributed by atoms with van der Waals surface area (Å²) in [5, 5.41) is 14.9. The van der Waals surface area contributed by atoms with Crippen molar-refractivity contribution in [3.8, 4) is 11.4 Å². The van der Waals surface area contributed by atoms with E-state index in [1.807, 2.05) is 62.5 Å². The fourth-order valence-electron chi connectivity index (χ4n) is 3.65. The van der Waals surface area contributed by atoms with E-state index in [1.165, 1.54) is 4.90 Å². The molecule has 1 saturated heterocycles. The molecule has 2 aromatic carbocycles. The number of carbonyl (C=O) groups excluding carboxylic acids is 2. The highest BCUT2D eigenvalue weighted by Gasteiger charge is 2.40. The summed E-state index contributed by atoms with van der Waals surface area (Å²) in [6, 6.07) is 11.8. The van der Waals surface area contributed by atoms with E-state index in [9.17, 15) is 9.59 Å². The standard InChI is InChI=1S/C21H19N7O2/c1-12(2)28-25-19(24-26-28)15-5-3-14(4-6-15)18-20(29)23-21(30)27(18)16-8-7-13-9-10-22-17(13)11-16/h3-8,10-12,18H,9H2,1-2H3,(H,23,29,30). The SMILES string of the molecule is CC(C)n1nnc(-c2ccc(C3C(=O)NC(=O)N3c3ccc4c(c3)N=CC4)cc2)n1. The second-order valence-electron chi connectivity index (χ2n) is 7.54. The largest absolute Gasteiger partial charge is 0.329 e. The highest BCUT2D eigenvalue weighted by Crippen LogP contribution is 2.36. The molecule has 0 spiro atoms. The maximum Gasteiger partial charge on any atom is 0.329 e. The molecule has 3 amide bonds. The number of nitrogens with zero attached hydrogens (tertiary/aromatic N) is 6. The Morgan fingerprint density at radius 1 is 1.10 bits per heavy atom. The lowest BCUT2D eigenvalue weighted by Gasteiger charge is -2.22. The normalized spacial score (nSPS) is 17.7. The molecule has 0 aliphatic carbocycles. The molecule has 1 fully saturated rings. The molecule has 1 unspecified atom stereocenters. The number of aromatic nitrogens is 4. The number of carbonyl (C=O) groups is 2. The molecule has 1 aromatic heterocycles. The Hall–Kier alpha value is -3.88. The van der Waals surface area contributed by atoms with Crippen molar-refractivity contribution in [1.82, 2.24) is 25.5 Å². The zero-order valence-electron chi connectivity index (χ0n) is 16.5. The van der Waals surface area contributed by atoms with Crippen LogP contribution < -0.4 is 10.2 Å². The molecule has 0 bridgehead atoms. The van der Waals surface area contributed by atoms with Crippen LogP contribution in [-0.4, -0.2) is 38.4 Å². The number of nitrogens with one attached hydrogen (secondary N) is 1. The topological polar surface area (TPSA) is 105 Å². The minimum absolute atomic E-state index is 0.115. The Labute approximate surface area is 172 Å². The van der Waals surface area contributed by atoms with Gasteiger partial charge in [-0.15, -0.1) is 10.2 Å². The molecule has 3 aromatic rings. The van der Waals surface area contributed by atoms with Crippen LogP contribution in [0, 0.1) is 0 Å². The summed E-state index contributed by atoms with van der Waals surface area (Å²) in [5.41, 5.74) is 4.04. The molecule has 150 valence electrons. The minimum Gasteiger partial charge on any atom is -0.277 e. The van der Waals surface area contributed by atoms with Crippen LogP contribution in [0.25, 0.3) is 11.4 Å². The second-order valence-corrected chi connectivity index (χ2v) is 7.54. The number of hydrogen-bond donors (Lipinski definition) is 1. The average molecular weight is 401 g/mol. The van der Waals surface area contributed by atoms with Crippen molar-refractivity contribution in [2.75, 3.05) is 4.90 Å². The molecule has 9 nitrogen and oxygen atoms in total. The fourth-order valence-corrected chi connectivity index (χ4v) is 3.65. The van der Waals surface area contributed by atoms with E-state index in [1.54, 1.807) is 4.80 Å². The first-order chi connectivity index (χ1) is 14.5. The average Bonchev–Trinajstić information content (AvgIpc) is 3.46. The molecular weight excluding hydrogens is 382 g/mol. The van der Waals surface area contributed by atoms with E-state index in [2.05, 4.69) is 25.7 Å². The third kappa shape index (κ3) is 2.95. The monoisotopic (exact) mass is 401 g/mol. The van der Waals surface area contributed by atoms with Gasteiger partial charge < -0.3 is 0 Å². The van der Waals surface area contributed by atoms with Crippen LogP contribution in [0.4, 0.5) is 16.2 Å². The van der Waals surface area contributed by atoms with Gasteiger partial charge in [0.15, 0.2) is 0 Å². The van der Waals surface area contributed by atoms with Crippen LogP contribution >= 0.6 is 0 Å². The van der Waals surface area contributed by atoms with E-state index in [4.69, 9.17) is 0 Å². The van der Waals surface area contributed by atoms with Crippen LogP contribution in [0.1, 0.15) is 37.1 Å². The highest BCUT2D eigenvalue weighted by atomic mass is 16.2. The summed E-state index contributed by atoms with van der Waals surface area (Å²) < 4.78 is 0. The highest BCUT2D eigenvalue weighted by molar-refractivity contribution is 6.14. The molecular formula is C21H19N7O2. The minimum atomic E-state index is -0.755. The summed E-state index contributed by atoms with van der Waals surface area (Å²) in [4.78, 5) is 32.5. The lowest BCUT2D eigenvalue weighted by Crippen LogP contribution is -2.29. The smallest absolute Gasteiger partial charge is 0.277 e. The summed E-state index contributed by atoms with van der Waals surface area (Å²) in [6.45, 7) is 3.95. The van der Waals surface area contributed by atoms with E-state index in [-0.39, 0.29) is 11.9 Å². The lowest BCUT2D eigenvalue weighted by molar-refractivity contribution is -0.119. The number of rotatable bonds is 4. The molecule has 0 saturated carbocycles. The van der Waals surface area contributed by atoms with Crippen molar-refractivity contribution in [2.45, 2.75) is 32.4 Å². The van der Waals surface area contributed by atoms with E-state index in [0.29, 0.717) is 17.1 Å². The first-order valence-corrected chi connectivity index (χ1v) is 9.70. The number of tetrazole rings is 1. The summed E-state index contributed by atoms with van der Waals surface area (Å²) in [7, 11) is 0. The molecule has 5 rings (SSSR count). The van der Waals surface area contributed by atoms with E-state index in [0.717, 1.165) is 23.2 Å². The van der Waals surface area contributed by atoms with Gasteiger partial charge in [0.25, 0.3) is 5.91 Å². The quantitative estimate of drug-likeness (QED) is 0.677. The molecule has 1 N–H and O–H groups in total. The Morgan fingerprint density at radius 3 is 2.63 bits per heavy atom. The van der Waals surface area contributed by atoms with Gasteiger partial charge in [0.05, 0.1) is 11.7 Å². The number of imide groups is 1. The van der Waals surface area contributed by atoms with Crippen molar-refractivity contribution in [3.05, 3.63) is 53.6 Å². The van der Waals surface area contributed by atoms with Gasteiger partial charge in [-0.05, 0) is 42.3 Å². The number of benzene rings is 2. The van der Waals surface area contributed by atoms with Crippen molar-refractivity contribution in [2.24, 2.45) is 4.99 Å². The number of aliphatic imine (C=N–C) groups is 1. The summed E-state index contributed by atoms with van der Waals surface area (Å²) >= 11 is 0. The Kier molecular flexibility index (Phi) is 4.16. The van der Waals surface area contributed by atoms with Crippen LogP contribution in [0.2, 0.25) is 0 Å². The summed E-state index contributed by atoms with van der Waals surface area (Å²) in [5.74, 6) is 0.149. The predicted octanol–water partition coefficient (Wildman–Crippen LogP) is 2.98. The molecule has 1 atom stereocenters. The Balaban J connectivity index is 1.47. The number of hydrogen-bond acceptors (Lipinski definition) is 6. The van der Waals surface area contributed by atoms with Crippen LogP contribution in [0.5, 0.6) is 0 Å². The first kappa shape index (κ1) is 18.2. The fraction of sp³-hybridized carbons (Fsp3) is 0.238. The molecule has 30 heavy (non-hydrogen) atoms. The molecule has 9 heteroatoms. The van der Waals surface area contributed by atoms with Crippen molar-refractivity contribution in [3.63, 3.8) is 0 Å². The number of amides is 3. The molecule has 2 aliphatic heterocycles. The third-order valence-electron chi connectivity index (χ3n) is 5.22. The van der Waals surface area contributed by atoms with E-state index >= 15 is 0 Å². The third-order valence-corrected chi connectivity index (χ3v) is 5.22. The number of urea groups is 1. The van der Waals surface area contributed by atoms with Crippen LogP contribution in [0.15, 0.2) is 47.5 Å². The molecule has 2 aliphatic rings. The van der Waals surface area contributed by atoms with Gasteiger partial charge in [0.1, 0.15) is 6.04 Å². The van der Waals surface area contributed by atoms with Gasteiger partial charge in [0, 0.05) is 23.9 Å². The zero-order chi connectivity index (χ0) is 20.8. The first-order valence-electron chi connectivity index (χ1n) is 9.70. The van der Waals surface area contributed by atoms with Crippen molar-refractivity contribution < 1.29 is 9.59 Å². The van der Waals surface area contributed by atoms with Gasteiger partial charge >= 0.3 is 6.03 Å². The predicted molar refractivity (Wildman–Crippen MR) is 111 cm³/mol. The van der Waals surface area contributed by atoms with Gasteiger partial charge in [-0.25, -0.2) is 4.79 Å². The Morgan fingerprint density at radius 2 is 1.90 bits per heavy atom. The van der Waals surface area contributed by atoms with Gasteiger partial charge in [0.2, 0.25) is 5.82 Å². The molecule has 3 heterocycles. The maximum absolute atomic E-state index is 12.6. The van der Waals surface area contributed by atoms with Crippen LogP contribution in [0.3, 0.4) is 0 Å². The molecule has 0 radical (unpaired) electrons. The number of fused-ring (bicyclic) bond motifs is 1. The second kappa shape index (κ2) is 6.87. The summed E-state index contributed by atoms with van der Waals surface area (Å²) in [6.07, 6.45) is 2.62. The number of anilines is 1. The van der Waals surface area contributed by atoms with Crippen molar-refractivity contribution >= 4 is 29.5 Å². The van der Waals surface area contributed by atoms with Gasteiger partial charge in [-0.3, -0.25) is 20.0 Å². The van der Waals surface area contributed by atoms with Gasteiger partial charge in [-0.1, -0.05) is 30.3 Å². The maximum atomic E-state index is 12.6. The Bertz CT molecular complexity index is 1180. The van der Waals surface area contributed by atoms with E-state index < -0.39 is 12.1 Å². The van der Waals surface area contributed by atoms with Crippen LogP contribution in [-0.2, 0) is 11.2 Å². The lowest BCUT2D eigenvalue weighted by atomic mass is 10.0. The van der Waals surface area contributed by atoms with Gasteiger partial charge in [-0.2, -0.15) is 4.80 Å². The zero-order valence-corrected chi connectivity index (χ0v) is 16.5.